The molecule has 1 heterocycles. The third-order valence-electron chi connectivity index (χ3n) is 2.96. The number of rotatable bonds is 2. The molecular weight excluding hydrogens is 374 g/mol. The van der Waals surface area contributed by atoms with Gasteiger partial charge in [-0.25, -0.2) is 13.9 Å². The molecule has 4 nitrogen and oxygen atoms in total. The molecule has 0 aliphatic heterocycles. The molecular formula is C14H8FIN2O2. The van der Waals surface area contributed by atoms with Gasteiger partial charge in [0.25, 0.3) is 0 Å². The number of aromatic nitrogens is 2. The Hall–Kier alpha value is -1.96. The van der Waals surface area contributed by atoms with E-state index in [4.69, 9.17) is 0 Å². The van der Waals surface area contributed by atoms with E-state index in [1.165, 1.54) is 18.3 Å². The van der Waals surface area contributed by atoms with Crippen molar-refractivity contribution in [2.24, 2.45) is 0 Å². The van der Waals surface area contributed by atoms with Crippen LogP contribution in [-0.2, 0) is 0 Å². The van der Waals surface area contributed by atoms with E-state index in [9.17, 15) is 14.3 Å². The molecule has 0 aliphatic carbocycles. The van der Waals surface area contributed by atoms with Gasteiger partial charge in [0.1, 0.15) is 5.82 Å². The molecule has 0 bridgehead atoms. The summed E-state index contributed by atoms with van der Waals surface area (Å²) in [6.07, 6.45) is 1.51. The van der Waals surface area contributed by atoms with Crippen molar-refractivity contribution >= 4 is 39.5 Å². The molecule has 1 N–H and O–H groups in total. The van der Waals surface area contributed by atoms with Crippen LogP contribution in [-0.4, -0.2) is 20.9 Å². The Kier molecular flexibility index (Phi) is 3.17. The van der Waals surface area contributed by atoms with Crippen molar-refractivity contribution in [1.29, 1.82) is 0 Å². The molecule has 3 aromatic rings. The van der Waals surface area contributed by atoms with Crippen molar-refractivity contribution in [2.45, 2.75) is 0 Å². The Labute approximate surface area is 127 Å². The molecule has 0 saturated carbocycles. The van der Waals surface area contributed by atoms with Crippen molar-refractivity contribution in [3.05, 3.63) is 57.5 Å². The second-order valence-corrected chi connectivity index (χ2v) is 5.47. The SMILES string of the molecule is O=C(O)c1cc(I)cc2c1cnn2-c1ccc(F)cc1. The van der Waals surface area contributed by atoms with E-state index in [0.717, 1.165) is 3.57 Å². The summed E-state index contributed by atoms with van der Waals surface area (Å²) in [4.78, 5) is 11.3. The lowest BCUT2D eigenvalue weighted by molar-refractivity contribution is 0.0699. The van der Waals surface area contributed by atoms with Gasteiger partial charge in [0.05, 0.1) is 23.0 Å². The predicted molar refractivity (Wildman–Crippen MR) is 80.7 cm³/mol. The first-order chi connectivity index (χ1) is 9.56. The van der Waals surface area contributed by atoms with Crippen molar-refractivity contribution in [3.8, 4) is 5.69 Å². The average Bonchev–Trinajstić information content (AvgIpc) is 2.82. The zero-order valence-corrected chi connectivity index (χ0v) is 12.2. The maximum absolute atomic E-state index is 13.0. The Morgan fingerprint density at radius 3 is 2.60 bits per heavy atom. The number of halogens is 2. The summed E-state index contributed by atoms with van der Waals surface area (Å²) in [5, 5.41) is 14.0. The molecule has 0 spiro atoms. The first-order valence-electron chi connectivity index (χ1n) is 5.73. The Balaban J connectivity index is 2.28. The lowest BCUT2D eigenvalue weighted by atomic mass is 10.1. The van der Waals surface area contributed by atoms with Gasteiger partial charge in [-0.15, -0.1) is 0 Å². The van der Waals surface area contributed by atoms with E-state index in [-0.39, 0.29) is 11.4 Å². The van der Waals surface area contributed by atoms with Crippen LogP contribution in [0, 0.1) is 9.39 Å². The monoisotopic (exact) mass is 382 g/mol. The largest absolute Gasteiger partial charge is 0.478 e. The molecule has 2 aromatic carbocycles. The third kappa shape index (κ3) is 2.15. The van der Waals surface area contributed by atoms with Gasteiger partial charge in [-0.2, -0.15) is 5.10 Å². The number of nitrogens with zero attached hydrogens (tertiary/aromatic N) is 2. The first-order valence-corrected chi connectivity index (χ1v) is 6.80. The molecule has 0 fully saturated rings. The second kappa shape index (κ2) is 4.86. The van der Waals surface area contributed by atoms with Crippen molar-refractivity contribution in [1.82, 2.24) is 9.78 Å². The highest BCUT2D eigenvalue weighted by Gasteiger charge is 2.14. The second-order valence-electron chi connectivity index (χ2n) is 4.22. The maximum Gasteiger partial charge on any atom is 0.336 e. The zero-order valence-electron chi connectivity index (χ0n) is 10.0. The van der Waals surface area contributed by atoms with Crippen LogP contribution >= 0.6 is 22.6 Å². The summed E-state index contributed by atoms with van der Waals surface area (Å²) >= 11 is 2.06. The van der Waals surface area contributed by atoms with Crippen molar-refractivity contribution in [2.75, 3.05) is 0 Å². The highest BCUT2D eigenvalue weighted by molar-refractivity contribution is 14.1. The van der Waals surface area contributed by atoms with Crippen LogP contribution in [0.25, 0.3) is 16.6 Å². The molecule has 0 aliphatic rings. The molecule has 0 amide bonds. The minimum Gasteiger partial charge on any atom is -0.478 e. The smallest absolute Gasteiger partial charge is 0.336 e. The van der Waals surface area contributed by atoms with Crippen LogP contribution in [0.3, 0.4) is 0 Å². The number of fused-ring (bicyclic) bond motifs is 1. The lowest BCUT2D eigenvalue weighted by Crippen LogP contribution is -2.00. The summed E-state index contributed by atoms with van der Waals surface area (Å²) in [5.41, 5.74) is 1.57. The van der Waals surface area contributed by atoms with E-state index in [0.29, 0.717) is 16.6 Å². The number of aromatic carboxylic acids is 1. The lowest BCUT2D eigenvalue weighted by Gasteiger charge is -2.05. The fourth-order valence-corrected chi connectivity index (χ4v) is 2.66. The van der Waals surface area contributed by atoms with E-state index >= 15 is 0 Å². The standard InChI is InChI=1S/C14H8FIN2O2/c15-8-1-3-10(4-2-8)18-13-6-9(16)5-11(14(19)20)12(13)7-17-18/h1-7H,(H,19,20). The number of carboxylic acid groups (broad SMARTS) is 1. The summed E-state index contributed by atoms with van der Waals surface area (Å²) in [6.45, 7) is 0. The summed E-state index contributed by atoms with van der Waals surface area (Å²) < 4.78 is 15.4. The third-order valence-corrected chi connectivity index (χ3v) is 3.58. The van der Waals surface area contributed by atoms with Crippen LogP contribution in [0.15, 0.2) is 42.6 Å². The van der Waals surface area contributed by atoms with Crippen LogP contribution in [0.2, 0.25) is 0 Å². The number of hydrogen-bond acceptors (Lipinski definition) is 2. The molecule has 0 saturated heterocycles. The Morgan fingerprint density at radius 2 is 1.95 bits per heavy atom. The molecule has 6 heteroatoms. The topological polar surface area (TPSA) is 55.1 Å². The summed E-state index contributed by atoms with van der Waals surface area (Å²) in [7, 11) is 0. The maximum atomic E-state index is 13.0. The molecule has 3 rings (SSSR count). The molecule has 100 valence electrons. The van der Waals surface area contributed by atoms with Gasteiger partial charge in [0.2, 0.25) is 0 Å². The minimum atomic E-state index is -0.993. The van der Waals surface area contributed by atoms with Crippen LogP contribution in [0.1, 0.15) is 10.4 Å². The van der Waals surface area contributed by atoms with Crippen molar-refractivity contribution in [3.63, 3.8) is 0 Å². The van der Waals surface area contributed by atoms with E-state index < -0.39 is 5.97 Å². The highest BCUT2D eigenvalue weighted by atomic mass is 127. The summed E-state index contributed by atoms with van der Waals surface area (Å²) in [6, 6.07) is 9.33. The fourth-order valence-electron chi connectivity index (χ4n) is 2.06. The highest BCUT2D eigenvalue weighted by Crippen LogP contribution is 2.24. The number of benzene rings is 2. The number of hydrogen-bond donors (Lipinski definition) is 1. The predicted octanol–water partition coefficient (Wildman–Crippen LogP) is 3.47. The van der Waals surface area contributed by atoms with Gasteiger partial charge in [0, 0.05) is 8.96 Å². The Morgan fingerprint density at radius 1 is 1.25 bits per heavy atom. The van der Waals surface area contributed by atoms with Crippen molar-refractivity contribution < 1.29 is 14.3 Å². The van der Waals surface area contributed by atoms with Crippen LogP contribution in [0.4, 0.5) is 4.39 Å². The minimum absolute atomic E-state index is 0.209. The fraction of sp³-hybridized carbons (Fsp3) is 0. The molecule has 0 radical (unpaired) electrons. The molecule has 0 unspecified atom stereocenters. The van der Waals surface area contributed by atoms with Gasteiger partial charge in [-0.3, -0.25) is 0 Å². The quantitative estimate of drug-likeness (QED) is 0.691. The normalized spacial score (nSPS) is 10.9. The molecule has 0 atom stereocenters. The van der Waals surface area contributed by atoms with E-state index in [1.54, 1.807) is 22.9 Å². The first kappa shape index (κ1) is 13.0. The zero-order chi connectivity index (χ0) is 14.3. The molecule has 20 heavy (non-hydrogen) atoms. The van der Waals surface area contributed by atoms with E-state index in [2.05, 4.69) is 27.7 Å². The molecule has 1 aromatic heterocycles. The number of carboxylic acids is 1. The van der Waals surface area contributed by atoms with Gasteiger partial charge in [-0.1, -0.05) is 0 Å². The van der Waals surface area contributed by atoms with Gasteiger partial charge < -0.3 is 5.11 Å². The van der Waals surface area contributed by atoms with E-state index in [1.807, 2.05) is 6.07 Å². The van der Waals surface area contributed by atoms with Crippen LogP contribution < -0.4 is 0 Å². The summed E-state index contributed by atoms with van der Waals surface area (Å²) in [5.74, 6) is -1.32. The van der Waals surface area contributed by atoms with Gasteiger partial charge in [0.15, 0.2) is 0 Å². The number of carbonyl (C=O) groups is 1. The Bertz CT molecular complexity index is 812. The average molecular weight is 382 g/mol. The van der Waals surface area contributed by atoms with Gasteiger partial charge >= 0.3 is 5.97 Å². The van der Waals surface area contributed by atoms with Gasteiger partial charge in [-0.05, 0) is 59.0 Å². The van der Waals surface area contributed by atoms with Crippen LogP contribution in [0.5, 0.6) is 0 Å².